The summed E-state index contributed by atoms with van der Waals surface area (Å²) in [6.45, 7) is 1.90. The lowest BCUT2D eigenvalue weighted by atomic mass is 10.1. The molecule has 4 nitrogen and oxygen atoms in total. The lowest BCUT2D eigenvalue weighted by molar-refractivity contribution is 0.102. The second-order valence-corrected chi connectivity index (χ2v) is 7.63. The third-order valence-corrected chi connectivity index (χ3v) is 5.72. The molecule has 0 saturated heterocycles. The van der Waals surface area contributed by atoms with Crippen molar-refractivity contribution < 1.29 is 4.79 Å². The number of nitrogens with zero attached hydrogens (tertiary/aromatic N) is 2. The summed E-state index contributed by atoms with van der Waals surface area (Å²) in [7, 11) is 0. The Kier molecular flexibility index (Phi) is 5.50. The van der Waals surface area contributed by atoms with Crippen LogP contribution in [-0.2, 0) is 5.75 Å². The van der Waals surface area contributed by atoms with Crippen molar-refractivity contribution in [2.24, 2.45) is 0 Å². The van der Waals surface area contributed by atoms with Crippen molar-refractivity contribution in [2.45, 2.75) is 17.0 Å². The number of carbonyl (C=O) groups excluding carboxylic acids is 1. The number of anilines is 1. The van der Waals surface area contributed by atoms with Crippen LogP contribution in [0.1, 0.15) is 21.5 Å². The third kappa shape index (κ3) is 4.14. The second-order valence-electron chi connectivity index (χ2n) is 5.02. The van der Waals surface area contributed by atoms with Gasteiger partial charge in [-0.05, 0) is 30.2 Å². The Morgan fingerprint density at radius 1 is 1.17 bits per heavy atom. The maximum Gasteiger partial charge on any atom is 0.257 e. The molecule has 3 aromatic rings. The zero-order valence-corrected chi connectivity index (χ0v) is 15.2. The zero-order valence-electron chi connectivity index (χ0n) is 12.8. The minimum atomic E-state index is -0.174. The molecule has 0 bridgehead atoms. The molecule has 0 atom stereocenters. The smallest absolute Gasteiger partial charge is 0.257 e. The van der Waals surface area contributed by atoms with Gasteiger partial charge in [-0.1, -0.05) is 71.1 Å². The number of aromatic nitrogens is 2. The van der Waals surface area contributed by atoms with Crippen molar-refractivity contribution in [3.8, 4) is 0 Å². The van der Waals surface area contributed by atoms with Gasteiger partial charge in [-0.2, -0.15) is 0 Å². The number of carbonyl (C=O) groups is 1. The van der Waals surface area contributed by atoms with Gasteiger partial charge in [0, 0.05) is 16.3 Å². The summed E-state index contributed by atoms with van der Waals surface area (Å²) in [5.41, 5.74) is 2.61. The van der Waals surface area contributed by atoms with E-state index in [0.717, 1.165) is 20.5 Å². The highest BCUT2D eigenvalue weighted by molar-refractivity contribution is 8.00. The highest BCUT2D eigenvalue weighted by Gasteiger charge is 2.12. The molecule has 0 spiro atoms. The molecule has 3 rings (SSSR count). The molecule has 0 fully saturated rings. The van der Waals surface area contributed by atoms with Gasteiger partial charge in [0.2, 0.25) is 5.13 Å². The normalized spacial score (nSPS) is 10.6. The van der Waals surface area contributed by atoms with Crippen LogP contribution in [0.4, 0.5) is 5.13 Å². The van der Waals surface area contributed by atoms with Crippen LogP contribution >= 0.6 is 34.7 Å². The first-order valence-electron chi connectivity index (χ1n) is 7.20. The van der Waals surface area contributed by atoms with Crippen molar-refractivity contribution in [2.75, 3.05) is 5.32 Å². The Balaban J connectivity index is 1.63. The topological polar surface area (TPSA) is 54.9 Å². The first-order valence-corrected chi connectivity index (χ1v) is 9.38. The van der Waals surface area contributed by atoms with E-state index in [0.29, 0.717) is 16.4 Å². The van der Waals surface area contributed by atoms with Crippen LogP contribution in [0.3, 0.4) is 0 Å². The van der Waals surface area contributed by atoms with Crippen molar-refractivity contribution in [3.63, 3.8) is 0 Å². The molecule has 24 heavy (non-hydrogen) atoms. The van der Waals surface area contributed by atoms with Gasteiger partial charge in [0.25, 0.3) is 5.91 Å². The minimum absolute atomic E-state index is 0.174. The molecule has 2 aromatic carbocycles. The molecular formula is C17H14ClN3OS2. The Bertz CT molecular complexity index is 866. The number of thioether (sulfide) groups is 1. The maximum atomic E-state index is 12.3. The number of hydrogen-bond donors (Lipinski definition) is 1. The molecule has 7 heteroatoms. The number of aryl methyl sites for hydroxylation is 1. The minimum Gasteiger partial charge on any atom is -0.296 e. The summed E-state index contributed by atoms with van der Waals surface area (Å²) in [5, 5.41) is 12.2. The molecule has 0 aliphatic rings. The maximum absolute atomic E-state index is 12.3. The molecule has 0 radical (unpaired) electrons. The largest absolute Gasteiger partial charge is 0.296 e. The zero-order chi connectivity index (χ0) is 16.9. The molecule has 0 unspecified atom stereocenters. The number of benzene rings is 2. The predicted octanol–water partition coefficient (Wildman–Crippen LogP) is 5.04. The molecular weight excluding hydrogens is 362 g/mol. The lowest BCUT2D eigenvalue weighted by Crippen LogP contribution is -2.12. The Morgan fingerprint density at radius 3 is 2.71 bits per heavy atom. The fraction of sp³-hybridized carbons (Fsp3) is 0.118. The highest BCUT2D eigenvalue weighted by Crippen LogP contribution is 2.30. The van der Waals surface area contributed by atoms with Crippen LogP contribution in [0, 0.1) is 6.92 Å². The van der Waals surface area contributed by atoms with Crippen LogP contribution in [0.15, 0.2) is 52.9 Å². The van der Waals surface area contributed by atoms with E-state index in [4.69, 9.17) is 11.6 Å². The summed E-state index contributed by atoms with van der Waals surface area (Å²) in [4.78, 5) is 12.3. The van der Waals surface area contributed by atoms with Gasteiger partial charge in [0.15, 0.2) is 4.34 Å². The van der Waals surface area contributed by atoms with Gasteiger partial charge in [-0.3, -0.25) is 10.1 Å². The van der Waals surface area contributed by atoms with Crippen molar-refractivity contribution in [3.05, 3.63) is 70.2 Å². The van der Waals surface area contributed by atoms with Gasteiger partial charge in [-0.15, -0.1) is 10.2 Å². The Labute approximate surface area is 153 Å². The molecule has 0 aliphatic heterocycles. The van der Waals surface area contributed by atoms with Crippen LogP contribution in [0.5, 0.6) is 0 Å². The monoisotopic (exact) mass is 375 g/mol. The van der Waals surface area contributed by atoms with Crippen LogP contribution in [0.25, 0.3) is 0 Å². The standard InChI is InChI=1S/C17H14ClN3OS2/c1-11-6-2-4-8-13(11)15(22)19-16-20-21-17(24-16)23-10-12-7-3-5-9-14(12)18/h2-9H,10H2,1H3,(H,19,20,22). The molecule has 122 valence electrons. The van der Waals surface area contributed by atoms with Crippen molar-refractivity contribution >= 4 is 45.7 Å². The van der Waals surface area contributed by atoms with E-state index >= 15 is 0 Å². The molecule has 0 aliphatic carbocycles. The Hall–Kier alpha value is -1.89. The van der Waals surface area contributed by atoms with Gasteiger partial charge in [0.1, 0.15) is 0 Å². The van der Waals surface area contributed by atoms with Gasteiger partial charge in [-0.25, -0.2) is 0 Å². The third-order valence-electron chi connectivity index (χ3n) is 3.33. The second kappa shape index (κ2) is 7.79. The first kappa shape index (κ1) is 17.0. The van der Waals surface area contributed by atoms with Gasteiger partial charge < -0.3 is 0 Å². The lowest BCUT2D eigenvalue weighted by Gasteiger charge is -2.03. The quantitative estimate of drug-likeness (QED) is 0.501. The molecule has 1 heterocycles. The number of rotatable bonds is 5. The van der Waals surface area contributed by atoms with E-state index in [1.165, 1.54) is 11.3 Å². The van der Waals surface area contributed by atoms with Gasteiger partial charge in [0.05, 0.1) is 0 Å². The average molecular weight is 376 g/mol. The number of amides is 1. The fourth-order valence-corrected chi connectivity index (χ4v) is 4.10. The summed E-state index contributed by atoms with van der Waals surface area (Å²) in [6.07, 6.45) is 0. The highest BCUT2D eigenvalue weighted by atomic mass is 35.5. The summed E-state index contributed by atoms with van der Waals surface area (Å²) >= 11 is 9.04. The van der Waals surface area contributed by atoms with Crippen LogP contribution in [0.2, 0.25) is 5.02 Å². The summed E-state index contributed by atoms with van der Waals surface area (Å²) in [6, 6.07) is 15.1. The van der Waals surface area contributed by atoms with Crippen LogP contribution in [-0.4, -0.2) is 16.1 Å². The summed E-state index contributed by atoms with van der Waals surface area (Å²) in [5.74, 6) is 0.534. The molecule has 1 amide bonds. The Morgan fingerprint density at radius 2 is 1.92 bits per heavy atom. The molecule has 0 saturated carbocycles. The number of nitrogens with one attached hydrogen (secondary N) is 1. The van der Waals surface area contributed by atoms with E-state index in [1.54, 1.807) is 17.8 Å². The number of hydrogen-bond acceptors (Lipinski definition) is 5. The predicted molar refractivity (Wildman–Crippen MR) is 100 cm³/mol. The van der Waals surface area contributed by atoms with E-state index in [9.17, 15) is 4.79 Å². The van der Waals surface area contributed by atoms with Crippen LogP contribution < -0.4 is 5.32 Å². The van der Waals surface area contributed by atoms with E-state index in [-0.39, 0.29) is 5.91 Å². The van der Waals surface area contributed by atoms with Gasteiger partial charge >= 0.3 is 0 Å². The SMILES string of the molecule is Cc1ccccc1C(=O)Nc1nnc(SCc2ccccc2Cl)s1. The first-order chi connectivity index (χ1) is 11.6. The van der Waals surface area contributed by atoms with E-state index in [2.05, 4.69) is 15.5 Å². The van der Waals surface area contributed by atoms with E-state index in [1.807, 2.05) is 49.4 Å². The van der Waals surface area contributed by atoms with Crippen molar-refractivity contribution in [1.82, 2.24) is 10.2 Å². The molecule has 1 N–H and O–H groups in total. The number of halogens is 1. The van der Waals surface area contributed by atoms with E-state index < -0.39 is 0 Å². The van der Waals surface area contributed by atoms with Crippen molar-refractivity contribution in [1.29, 1.82) is 0 Å². The average Bonchev–Trinajstić information content (AvgIpc) is 3.02. The molecule has 1 aromatic heterocycles. The summed E-state index contributed by atoms with van der Waals surface area (Å²) < 4.78 is 0.787. The fourth-order valence-electron chi connectivity index (χ4n) is 2.07.